The number of nitrogens with zero attached hydrogens (tertiary/aromatic N) is 5. The van der Waals surface area contributed by atoms with Gasteiger partial charge >= 0.3 is 0 Å². The molecule has 0 fully saturated rings. The van der Waals surface area contributed by atoms with E-state index in [1.165, 1.54) is 43.9 Å². The maximum absolute atomic E-state index is 5.52. The molecule has 0 saturated heterocycles. The van der Waals surface area contributed by atoms with Crippen molar-refractivity contribution >= 4 is 54.4 Å². The molecule has 0 atom stereocenters. The van der Waals surface area contributed by atoms with Crippen molar-refractivity contribution in [3.63, 3.8) is 0 Å². The fourth-order valence-corrected chi connectivity index (χ4v) is 10.3. The monoisotopic (exact) mass is 799 g/mol. The molecule has 1 aliphatic carbocycles. The SMILES string of the molecule is CC1(C)CCC(C)(C)c2cc3c(cc21)c1c(ccc2c4ccccc4n(-c4nc(-c5ccccc5)nc(-c5ccc(-c6ccccc6)c6ccccc56)n4)c21)n3-c1ccccc1. The Labute approximate surface area is 361 Å². The topological polar surface area (TPSA) is 48.5 Å². The van der Waals surface area contributed by atoms with E-state index >= 15 is 0 Å². The zero-order valence-corrected chi connectivity index (χ0v) is 35.4. The third-order valence-corrected chi connectivity index (χ3v) is 13.7. The summed E-state index contributed by atoms with van der Waals surface area (Å²) in [5.41, 5.74) is 12.9. The number of fused-ring (bicyclic) bond motifs is 9. The van der Waals surface area contributed by atoms with Crippen LogP contribution in [-0.2, 0) is 10.8 Å². The lowest BCUT2D eigenvalue weighted by molar-refractivity contribution is 0.332. The van der Waals surface area contributed by atoms with Gasteiger partial charge in [0.15, 0.2) is 11.6 Å². The molecule has 298 valence electrons. The molecule has 8 aromatic carbocycles. The van der Waals surface area contributed by atoms with E-state index in [1.54, 1.807) is 0 Å². The maximum Gasteiger partial charge on any atom is 0.238 e. The van der Waals surface area contributed by atoms with Gasteiger partial charge in [0, 0.05) is 38.4 Å². The second-order valence-electron chi connectivity index (χ2n) is 18.3. The first-order chi connectivity index (χ1) is 30.2. The zero-order chi connectivity index (χ0) is 41.7. The zero-order valence-electron chi connectivity index (χ0n) is 35.4. The predicted octanol–water partition coefficient (Wildman–Crippen LogP) is 14.6. The van der Waals surface area contributed by atoms with Crippen molar-refractivity contribution in [3.8, 4) is 45.5 Å². The fourth-order valence-electron chi connectivity index (χ4n) is 10.3. The summed E-state index contributed by atoms with van der Waals surface area (Å²) in [4.78, 5) is 16.2. The number of hydrogen-bond donors (Lipinski definition) is 0. The lowest BCUT2D eigenvalue weighted by Gasteiger charge is -2.42. The molecule has 5 nitrogen and oxygen atoms in total. The van der Waals surface area contributed by atoms with E-state index in [-0.39, 0.29) is 10.8 Å². The van der Waals surface area contributed by atoms with E-state index in [1.807, 2.05) is 6.07 Å². The Morgan fingerprint density at radius 1 is 0.403 bits per heavy atom. The highest BCUT2D eigenvalue weighted by molar-refractivity contribution is 6.26. The standard InChI is InChI=1S/C57H45N5/c1-56(2)32-33-57(3,4)47-35-50-45(34-46(47)56)51-49(61(50)38-22-12-7-13-23-38)31-30-43-42-26-16-17-27-48(42)62(52(43)51)55-59-53(37-20-10-6-11-21-37)58-54(60-55)44-29-28-39(36-18-8-5-9-19-36)40-24-14-15-25-41(40)44/h5-31,34-35H,32-33H2,1-4H3. The van der Waals surface area contributed by atoms with Gasteiger partial charge in [-0.25, -0.2) is 4.98 Å². The van der Waals surface area contributed by atoms with Crippen LogP contribution in [0, 0.1) is 0 Å². The molecule has 0 saturated carbocycles. The minimum absolute atomic E-state index is 0.0351. The first kappa shape index (κ1) is 36.5. The van der Waals surface area contributed by atoms with Gasteiger partial charge in [-0.15, -0.1) is 0 Å². The molecule has 1 aliphatic rings. The van der Waals surface area contributed by atoms with Crippen LogP contribution in [0.5, 0.6) is 0 Å². The van der Waals surface area contributed by atoms with E-state index in [9.17, 15) is 0 Å². The third-order valence-electron chi connectivity index (χ3n) is 13.7. The van der Waals surface area contributed by atoms with Crippen molar-refractivity contribution in [2.45, 2.75) is 51.4 Å². The molecule has 5 heteroatoms. The van der Waals surface area contributed by atoms with E-state index < -0.39 is 0 Å². The average Bonchev–Trinajstić information content (AvgIpc) is 3.83. The maximum atomic E-state index is 5.52. The fraction of sp³-hybridized carbons (Fsp3) is 0.140. The van der Waals surface area contributed by atoms with Gasteiger partial charge in [0.1, 0.15) is 0 Å². The first-order valence-electron chi connectivity index (χ1n) is 21.8. The summed E-state index contributed by atoms with van der Waals surface area (Å²) in [7, 11) is 0. The van der Waals surface area contributed by atoms with Gasteiger partial charge in [0.05, 0.1) is 22.1 Å². The van der Waals surface area contributed by atoms with Crippen molar-refractivity contribution in [2.75, 3.05) is 0 Å². The molecule has 0 aliphatic heterocycles. The number of aromatic nitrogens is 5. The summed E-state index contributed by atoms with van der Waals surface area (Å²) in [5.74, 6) is 1.85. The van der Waals surface area contributed by atoms with Crippen LogP contribution in [0.2, 0.25) is 0 Å². The van der Waals surface area contributed by atoms with Gasteiger partial charge in [-0.1, -0.05) is 161 Å². The summed E-state index contributed by atoms with van der Waals surface area (Å²) in [6, 6.07) is 63.1. The third kappa shape index (κ3) is 5.51. The molecule has 62 heavy (non-hydrogen) atoms. The molecule has 3 heterocycles. The van der Waals surface area contributed by atoms with Crippen molar-refractivity contribution in [2.24, 2.45) is 0 Å². The Morgan fingerprint density at radius 3 is 1.68 bits per heavy atom. The van der Waals surface area contributed by atoms with Crippen LogP contribution < -0.4 is 0 Å². The Bertz CT molecular complexity index is 3560. The first-order valence-corrected chi connectivity index (χ1v) is 21.8. The highest BCUT2D eigenvalue weighted by Crippen LogP contribution is 2.50. The van der Waals surface area contributed by atoms with Crippen molar-refractivity contribution in [1.82, 2.24) is 24.1 Å². The highest BCUT2D eigenvalue weighted by Gasteiger charge is 2.38. The summed E-state index contributed by atoms with van der Waals surface area (Å²) in [6.45, 7) is 9.67. The van der Waals surface area contributed by atoms with Crippen molar-refractivity contribution < 1.29 is 0 Å². The summed E-state index contributed by atoms with van der Waals surface area (Å²) in [6.07, 6.45) is 2.29. The van der Waals surface area contributed by atoms with Crippen molar-refractivity contribution in [3.05, 3.63) is 187 Å². The van der Waals surface area contributed by atoms with Crippen LogP contribution in [-0.4, -0.2) is 24.1 Å². The number of benzene rings is 8. The molecule has 0 spiro atoms. The molecular weight excluding hydrogens is 755 g/mol. The Kier molecular flexibility index (Phi) is 7.98. The minimum Gasteiger partial charge on any atom is -0.309 e. The van der Waals surface area contributed by atoms with Gasteiger partial charge in [-0.05, 0) is 99.2 Å². The second-order valence-corrected chi connectivity index (χ2v) is 18.3. The molecule has 3 aromatic heterocycles. The molecule has 0 unspecified atom stereocenters. The average molecular weight is 800 g/mol. The second kappa shape index (κ2) is 13.6. The van der Waals surface area contributed by atoms with Gasteiger partial charge in [0.25, 0.3) is 0 Å². The van der Waals surface area contributed by atoms with Crippen LogP contribution in [0.1, 0.15) is 51.7 Å². The smallest absolute Gasteiger partial charge is 0.238 e. The molecule has 11 aromatic rings. The van der Waals surface area contributed by atoms with Gasteiger partial charge in [0.2, 0.25) is 5.95 Å². The summed E-state index contributed by atoms with van der Waals surface area (Å²) in [5, 5.41) is 7.00. The summed E-state index contributed by atoms with van der Waals surface area (Å²) >= 11 is 0. The van der Waals surface area contributed by atoms with Gasteiger partial charge in [-0.2, -0.15) is 9.97 Å². The van der Waals surface area contributed by atoms with Crippen LogP contribution in [0.15, 0.2) is 176 Å². The minimum atomic E-state index is 0.0351. The van der Waals surface area contributed by atoms with E-state index in [0.717, 1.165) is 62.4 Å². The summed E-state index contributed by atoms with van der Waals surface area (Å²) < 4.78 is 4.78. The molecule has 0 radical (unpaired) electrons. The molecule has 12 rings (SSSR count). The van der Waals surface area contributed by atoms with Crippen LogP contribution >= 0.6 is 0 Å². The normalized spacial score (nSPS) is 14.6. The number of hydrogen-bond acceptors (Lipinski definition) is 3. The van der Waals surface area contributed by atoms with E-state index in [4.69, 9.17) is 15.0 Å². The largest absolute Gasteiger partial charge is 0.309 e. The van der Waals surface area contributed by atoms with E-state index in [0.29, 0.717) is 17.6 Å². The highest BCUT2D eigenvalue weighted by atomic mass is 15.2. The Morgan fingerprint density at radius 2 is 0.968 bits per heavy atom. The van der Waals surface area contributed by atoms with Gasteiger partial charge in [-0.3, -0.25) is 4.57 Å². The van der Waals surface area contributed by atoms with Crippen LogP contribution in [0.25, 0.3) is 99.9 Å². The van der Waals surface area contributed by atoms with E-state index in [2.05, 4.69) is 207 Å². The van der Waals surface area contributed by atoms with Crippen LogP contribution in [0.3, 0.4) is 0 Å². The predicted molar refractivity (Wildman–Crippen MR) is 258 cm³/mol. The molecule has 0 bridgehead atoms. The van der Waals surface area contributed by atoms with Crippen molar-refractivity contribution in [1.29, 1.82) is 0 Å². The van der Waals surface area contributed by atoms with Gasteiger partial charge < -0.3 is 4.57 Å². The quantitative estimate of drug-likeness (QED) is 0.174. The Balaban J connectivity index is 1.22. The lowest BCUT2D eigenvalue weighted by atomic mass is 9.63. The van der Waals surface area contributed by atoms with Crippen LogP contribution in [0.4, 0.5) is 0 Å². The molecule has 0 amide bonds. The molecule has 0 N–H and O–H groups in total. The Hall–Kier alpha value is -7.37. The number of rotatable bonds is 5. The number of para-hydroxylation sites is 2. The molecular formula is C57H45N5. The lowest BCUT2D eigenvalue weighted by Crippen LogP contribution is -2.33.